The average molecular weight is 380 g/mol. The smallest absolute Gasteiger partial charge is 0.281 e. The van der Waals surface area contributed by atoms with Crippen molar-refractivity contribution < 1.29 is 9.59 Å². The maximum absolute atomic E-state index is 12.4. The van der Waals surface area contributed by atoms with E-state index in [0.717, 1.165) is 21.8 Å². The summed E-state index contributed by atoms with van der Waals surface area (Å²) in [6.07, 6.45) is 0. The minimum absolute atomic E-state index is 0.0558. The lowest BCUT2D eigenvalue weighted by Gasteiger charge is -2.08. The highest BCUT2D eigenvalue weighted by molar-refractivity contribution is 7.17. The molecule has 2 aromatic carbocycles. The number of nitrogens with zero attached hydrogens (tertiary/aromatic N) is 1. The van der Waals surface area contributed by atoms with Crippen LogP contribution in [0.15, 0.2) is 54.6 Å². The van der Waals surface area contributed by atoms with Gasteiger partial charge in [0, 0.05) is 11.3 Å². The van der Waals surface area contributed by atoms with Gasteiger partial charge >= 0.3 is 0 Å². The largest absolute Gasteiger partial charge is 0.376 e. The second kappa shape index (κ2) is 8.46. The lowest BCUT2D eigenvalue weighted by molar-refractivity contribution is -0.120. The van der Waals surface area contributed by atoms with E-state index in [0.29, 0.717) is 10.6 Å². The van der Waals surface area contributed by atoms with Crippen molar-refractivity contribution in [3.63, 3.8) is 0 Å². The Morgan fingerprint density at radius 2 is 1.67 bits per heavy atom. The van der Waals surface area contributed by atoms with Crippen molar-refractivity contribution in [1.29, 1.82) is 0 Å². The Morgan fingerprint density at radius 1 is 0.963 bits per heavy atom. The molecule has 138 valence electrons. The number of hydrazine groups is 1. The highest BCUT2D eigenvalue weighted by Crippen LogP contribution is 2.27. The maximum Gasteiger partial charge on any atom is 0.281 e. The van der Waals surface area contributed by atoms with Crippen LogP contribution in [0.4, 0.5) is 5.69 Å². The fourth-order valence-electron chi connectivity index (χ4n) is 2.39. The number of benzene rings is 2. The Bertz CT molecular complexity index is 936. The Kier molecular flexibility index (Phi) is 5.83. The molecule has 0 fully saturated rings. The van der Waals surface area contributed by atoms with E-state index in [9.17, 15) is 9.59 Å². The van der Waals surface area contributed by atoms with E-state index < -0.39 is 0 Å². The first-order chi connectivity index (χ1) is 13.0. The lowest BCUT2D eigenvalue weighted by Crippen LogP contribution is -2.44. The maximum atomic E-state index is 12.4. The Labute approximate surface area is 161 Å². The van der Waals surface area contributed by atoms with Crippen LogP contribution in [0, 0.1) is 13.8 Å². The van der Waals surface area contributed by atoms with E-state index in [1.165, 1.54) is 11.3 Å². The van der Waals surface area contributed by atoms with Gasteiger partial charge in [-0.15, -0.1) is 11.3 Å². The molecule has 3 aromatic rings. The van der Waals surface area contributed by atoms with Crippen LogP contribution in [-0.2, 0) is 4.79 Å². The summed E-state index contributed by atoms with van der Waals surface area (Å²) in [4.78, 5) is 29.2. The van der Waals surface area contributed by atoms with Crippen molar-refractivity contribution in [2.24, 2.45) is 0 Å². The molecule has 1 heterocycles. The van der Waals surface area contributed by atoms with Crippen LogP contribution in [0.2, 0.25) is 0 Å². The van der Waals surface area contributed by atoms with E-state index >= 15 is 0 Å². The van der Waals surface area contributed by atoms with Crippen molar-refractivity contribution in [1.82, 2.24) is 15.8 Å². The molecular weight excluding hydrogens is 360 g/mol. The average Bonchev–Trinajstić information content (AvgIpc) is 3.08. The molecule has 0 aliphatic heterocycles. The molecule has 6 nitrogen and oxygen atoms in total. The van der Waals surface area contributed by atoms with Gasteiger partial charge in [0.1, 0.15) is 9.88 Å². The third-order valence-electron chi connectivity index (χ3n) is 3.84. The Morgan fingerprint density at radius 3 is 2.37 bits per heavy atom. The molecule has 0 atom stereocenters. The number of hydrogen-bond acceptors (Lipinski definition) is 5. The number of aromatic nitrogens is 1. The van der Waals surface area contributed by atoms with Gasteiger partial charge in [-0.1, -0.05) is 48.0 Å². The second-order valence-corrected chi connectivity index (χ2v) is 7.02. The molecule has 0 bridgehead atoms. The van der Waals surface area contributed by atoms with Crippen molar-refractivity contribution in [2.45, 2.75) is 13.8 Å². The van der Waals surface area contributed by atoms with Crippen LogP contribution in [0.5, 0.6) is 0 Å². The first kappa shape index (κ1) is 18.6. The summed E-state index contributed by atoms with van der Waals surface area (Å²) >= 11 is 1.29. The monoisotopic (exact) mass is 380 g/mol. The summed E-state index contributed by atoms with van der Waals surface area (Å²) in [5.74, 6) is -0.717. The zero-order valence-corrected chi connectivity index (χ0v) is 15.9. The first-order valence-electron chi connectivity index (χ1n) is 8.45. The van der Waals surface area contributed by atoms with Crippen LogP contribution < -0.4 is 16.2 Å². The van der Waals surface area contributed by atoms with E-state index in [4.69, 9.17) is 0 Å². The number of carbonyl (C=O) groups excluding carboxylic acids is 2. The van der Waals surface area contributed by atoms with Crippen LogP contribution >= 0.6 is 11.3 Å². The lowest BCUT2D eigenvalue weighted by atomic mass is 10.2. The van der Waals surface area contributed by atoms with E-state index in [-0.39, 0.29) is 18.4 Å². The molecule has 7 heteroatoms. The second-order valence-electron chi connectivity index (χ2n) is 6.02. The summed E-state index contributed by atoms with van der Waals surface area (Å²) in [6, 6.07) is 17.4. The summed E-state index contributed by atoms with van der Waals surface area (Å²) in [5.41, 5.74) is 8.43. The van der Waals surface area contributed by atoms with E-state index in [1.54, 1.807) is 6.92 Å². The van der Waals surface area contributed by atoms with Gasteiger partial charge in [-0.2, -0.15) is 0 Å². The van der Waals surface area contributed by atoms with Gasteiger partial charge in [-0.25, -0.2) is 4.98 Å². The van der Waals surface area contributed by atoms with Gasteiger partial charge in [-0.05, 0) is 26.0 Å². The standard InChI is InChI=1S/C20H20N4O2S/c1-13-8-10-16(11-9-13)21-12-17(25)23-24-19(26)18-14(2)22-20(27-18)15-6-4-3-5-7-15/h3-11,21H,12H2,1-2H3,(H,23,25)(H,24,26). The van der Waals surface area contributed by atoms with Crippen molar-refractivity contribution in [3.05, 3.63) is 70.7 Å². The van der Waals surface area contributed by atoms with Gasteiger partial charge in [0.05, 0.1) is 12.2 Å². The normalized spacial score (nSPS) is 10.3. The fourth-order valence-corrected chi connectivity index (χ4v) is 3.36. The third kappa shape index (κ3) is 4.92. The van der Waals surface area contributed by atoms with Crippen molar-refractivity contribution in [2.75, 3.05) is 11.9 Å². The minimum Gasteiger partial charge on any atom is -0.376 e. The summed E-state index contributed by atoms with van der Waals surface area (Å²) in [5, 5.41) is 3.77. The number of thiazole rings is 1. The fraction of sp³-hybridized carbons (Fsp3) is 0.150. The molecule has 0 saturated heterocycles. The Hall–Kier alpha value is -3.19. The predicted molar refractivity (Wildman–Crippen MR) is 108 cm³/mol. The number of amides is 2. The van der Waals surface area contributed by atoms with Crippen molar-refractivity contribution >= 4 is 28.8 Å². The molecule has 0 radical (unpaired) electrons. The quantitative estimate of drug-likeness (QED) is 0.593. The number of hydrogen-bond donors (Lipinski definition) is 3. The zero-order valence-electron chi connectivity index (χ0n) is 15.1. The molecule has 0 aliphatic carbocycles. The highest BCUT2D eigenvalue weighted by atomic mass is 32.1. The summed E-state index contributed by atoms with van der Waals surface area (Å²) in [7, 11) is 0. The predicted octanol–water partition coefficient (Wildman–Crippen LogP) is 3.30. The minimum atomic E-state index is -0.379. The van der Waals surface area contributed by atoms with Crippen molar-refractivity contribution in [3.8, 4) is 10.6 Å². The van der Waals surface area contributed by atoms with Gasteiger partial charge in [0.25, 0.3) is 11.8 Å². The Balaban J connectivity index is 1.54. The first-order valence-corrected chi connectivity index (χ1v) is 9.27. The summed E-state index contributed by atoms with van der Waals surface area (Å²) < 4.78 is 0. The molecular formula is C20H20N4O2S. The highest BCUT2D eigenvalue weighted by Gasteiger charge is 2.16. The molecule has 3 rings (SSSR count). The summed E-state index contributed by atoms with van der Waals surface area (Å²) in [6.45, 7) is 3.83. The zero-order chi connectivity index (χ0) is 19.2. The number of anilines is 1. The molecule has 0 unspecified atom stereocenters. The number of rotatable bonds is 5. The third-order valence-corrected chi connectivity index (χ3v) is 5.05. The SMILES string of the molecule is Cc1ccc(NCC(=O)NNC(=O)c2sc(-c3ccccc3)nc2C)cc1. The van der Waals surface area contributed by atoms with E-state index in [1.807, 2.05) is 61.5 Å². The van der Waals surface area contributed by atoms with Crippen LogP contribution in [-0.4, -0.2) is 23.3 Å². The molecule has 0 aliphatic rings. The van der Waals surface area contributed by atoms with Gasteiger partial charge in [0.15, 0.2) is 0 Å². The topological polar surface area (TPSA) is 83.1 Å². The molecule has 3 N–H and O–H groups in total. The number of carbonyl (C=O) groups is 2. The molecule has 2 amide bonds. The van der Waals surface area contributed by atoms with Gasteiger partial charge in [-0.3, -0.25) is 20.4 Å². The molecule has 0 saturated carbocycles. The number of nitrogens with one attached hydrogen (secondary N) is 3. The van der Waals surface area contributed by atoms with Crippen LogP contribution in [0.3, 0.4) is 0 Å². The van der Waals surface area contributed by atoms with Gasteiger partial charge < -0.3 is 5.32 Å². The van der Waals surface area contributed by atoms with Gasteiger partial charge in [0.2, 0.25) is 0 Å². The molecule has 27 heavy (non-hydrogen) atoms. The van der Waals surface area contributed by atoms with Crippen LogP contribution in [0.1, 0.15) is 20.9 Å². The molecule has 1 aromatic heterocycles. The van der Waals surface area contributed by atoms with E-state index in [2.05, 4.69) is 21.2 Å². The van der Waals surface area contributed by atoms with Crippen LogP contribution in [0.25, 0.3) is 10.6 Å². The molecule has 0 spiro atoms. The number of aryl methyl sites for hydroxylation is 2.